The monoisotopic (exact) mass is 491 g/mol. The predicted molar refractivity (Wildman–Crippen MR) is 155 cm³/mol. The normalized spacial score (nSPS) is 21.1. The van der Waals surface area contributed by atoms with Crippen molar-refractivity contribution in [2.24, 2.45) is 27.4 Å². The van der Waals surface area contributed by atoms with Crippen molar-refractivity contribution in [3.8, 4) is 0 Å². The van der Waals surface area contributed by atoms with Crippen molar-refractivity contribution in [3.05, 3.63) is 84.6 Å². The van der Waals surface area contributed by atoms with Crippen LogP contribution >= 0.6 is 0 Å². The first-order valence-corrected chi connectivity index (χ1v) is 13.1. The third-order valence-corrected chi connectivity index (χ3v) is 6.31. The van der Waals surface area contributed by atoms with Crippen molar-refractivity contribution >= 4 is 11.4 Å². The molecule has 196 valence electrons. The van der Waals surface area contributed by atoms with E-state index >= 15 is 0 Å². The first kappa shape index (κ1) is 29.1. The van der Waals surface area contributed by atoms with E-state index in [9.17, 15) is 0 Å². The van der Waals surface area contributed by atoms with E-state index in [1.54, 1.807) is 12.2 Å². The number of nitrogens with two attached hydrogens (primary N) is 2. The summed E-state index contributed by atoms with van der Waals surface area (Å²) in [6.45, 7) is 16.6. The molecule has 4 N–H and O–H groups in total. The Morgan fingerprint density at radius 1 is 1.08 bits per heavy atom. The van der Waals surface area contributed by atoms with E-state index in [1.165, 1.54) is 19.3 Å². The van der Waals surface area contributed by atoms with Gasteiger partial charge < -0.3 is 21.1 Å². The Bertz CT molecular complexity index is 952. The minimum absolute atomic E-state index is 0.108. The van der Waals surface area contributed by atoms with Gasteiger partial charge in [0.15, 0.2) is 0 Å². The second kappa shape index (κ2) is 15.8. The van der Waals surface area contributed by atoms with E-state index in [0.717, 1.165) is 54.4 Å². The highest BCUT2D eigenvalue weighted by molar-refractivity contribution is 6.04. The quantitative estimate of drug-likeness (QED) is 0.291. The van der Waals surface area contributed by atoms with Gasteiger partial charge in [-0.25, -0.2) is 4.99 Å². The summed E-state index contributed by atoms with van der Waals surface area (Å²) in [6, 6.07) is -0.108. The van der Waals surface area contributed by atoms with Gasteiger partial charge in [-0.05, 0) is 69.4 Å². The summed E-state index contributed by atoms with van der Waals surface area (Å²) in [5.41, 5.74) is 16.8. The molecule has 2 rings (SSSR count). The topological polar surface area (TPSA) is 89.2 Å². The van der Waals surface area contributed by atoms with Crippen molar-refractivity contribution in [2.45, 2.75) is 58.9 Å². The number of aliphatic imine (C=N–C) groups is 2. The van der Waals surface area contributed by atoms with Gasteiger partial charge in [0.2, 0.25) is 0 Å². The average molecular weight is 492 g/mol. The molecule has 1 aliphatic heterocycles. The second-order valence-corrected chi connectivity index (χ2v) is 9.31. The standard InChI is InChI=1S/C30H45N5O/c1-6-12-25(13-7-2)28(31)20-23(4)34-30(35-16-18-36-19-17-35)21-24(5)33-27(8-3)22-29(32)26-14-10-9-11-15-26/h6-8,12-13,20-22,24,26H,1,3,9-11,14-19,31-32H2,2,4-5H3/b13-7-,25-12+,28-20-,29-22-,30-21+,33-27?,34-23+. The molecule has 0 bridgehead atoms. The lowest BCUT2D eigenvalue weighted by molar-refractivity contribution is 0.0529. The fourth-order valence-electron chi connectivity index (χ4n) is 4.44. The Hall–Kier alpha value is -3.12. The summed E-state index contributed by atoms with van der Waals surface area (Å²) < 4.78 is 5.56. The highest BCUT2D eigenvalue weighted by atomic mass is 16.5. The molecular weight excluding hydrogens is 446 g/mol. The average Bonchev–Trinajstić information content (AvgIpc) is 2.88. The van der Waals surface area contributed by atoms with Crippen LogP contribution in [0.5, 0.6) is 0 Å². The molecule has 0 radical (unpaired) electrons. The summed E-state index contributed by atoms with van der Waals surface area (Å²) in [5, 5.41) is 0. The highest BCUT2D eigenvalue weighted by Gasteiger charge is 2.17. The van der Waals surface area contributed by atoms with Gasteiger partial charge in [0.05, 0.1) is 25.0 Å². The minimum Gasteiger partial charge on any atom is -0.402 e. The zero-order valence-electron chi connectivity index (χ0n) is 22.5. The number of ether oxygens (including phenoxy) is 1. The molecule has 6 heteroatoms. The lowest BCUT2D eigenvalue weighted by atomic mass is 9.86. The maximum Gasteiger partial charge on any atom is 0.127 e. The van der Waals surface area contributed by atoms with Crippen molar-refractivity contribution < 1.29 is 4.74 Å². The molecule has 1 heterocycles. The summed E-state index contributed by atoms with van der Waals surface area (Å²) >= 11 is 0. The predicted octanol–water partition coefficient (Wildman–Crippen LogP) is 5.59. The highest BCUT2D eigenvalue weighted by Crippen LogP contribution is 2.27. The van der Waals surface area contributed by atoms with Gasteiger partial charge in [0, 0.05) is 30.2 Å². The van der Waals surface area contributed by atoms with E-state index in [1.807, 2.05) is 44.2 Å². The minimum atomic E-state index is -0.108. The first-order valence-electron chi connectivity index (χ1n) is 13.1. The van der Waals surface area contributed by atoms with Crippen LogP contribution in [0.2, 0.25) is 0 Å². The number of allylic oxidation sites excluding steroid dienone is 8. The Labute approximate surface area is 218 Å². The molecule has 0 aromatic carbocycles. The zero-order chi connectivity index (χ0) is 26.3. The van der Waals surface area contributed by atoms with Crippen LogP contribution in [-0.4, -0.2) is 48.7 Å². The molecule has 2 aliphatic rings. The van der Waals surface area contributed by atoms with Crippen LogP contribution in [-0.2, 0) is 4.74 Å². The fraction of sp³-hybridized carbons (Fsp3) is 0.467. The lowest BCUT2D eigenvalue weighted by Gasteiger charge is -2.29. The van der Waals surface area contributed by atoms with E-state index in [2.05, 4.69) is 31.1 Å². The van der Waals surface area contributed by atoms with Crippen LogP contribution in [0, 0.1) is 5.92 Å². The molecule has 2 fully saturated rings. The van der Waals surface area contributed by atoms with E-state index in [4.69, 9.17) is 26.2 Å². The van der Waals surface area contributed by atoms with Crippen molar-refractivity contribution in [1.82, 2.24) is 4.90 Å². The van der Waals surface area contributed by atoms with E-state index < -0.39 is 0 Å². The van der Waals surface area contributed by atoms with Crippen LogP contribution in [0.4, 0.5) is 0 Å². The maximum atomic E-state index is 6.44. The van der Waals surface area contributed by atoms with Gasteiger partial charge in [0.25, 0.3) is 0 Å². The number of morpholine rings is 1. The third-order valence-electron chi connectivity index (χ3n) is 6.31. The van der Waals surface area contributed by atoms with E-state index in [-0.39, 0.29) is 6.04 Å². The van der Waals surface area contributed by atoms with Crippen LogP contribution in [0.3, 0.4) is 0 Å². The number of hydrogen-bond acceptors (Lipinski definition) is 6. The van der Waals surface area contributed by atoms with Gasteiger partial charge >= 0.3 is 0 Å². The third kappa shape index (κ3) is 9.86. The maximum absolute atomic E-state index is 6.44. The number of nitrogens with zero attached hydrogens (tertiary/aromatic N) is 3. The number of rotatable bonds is 11. The van der Waals surface area contributed by atoms with Gasteiger partial charge in [0.1, 0.15) is 5.82 Å². The van der Waals surface area contributed by atoms with Crippen molar-refractivity contribution in [2.75, 3.05) is 26.3 Å². The molecule has 1 saturated heterocycles. The molecule has 1 saturated carbocycles. The Balaban J connectivity index is 2.33. The Morgan fingerprint density at radius 3 is 2.39 bits per heavy atom. The van der Waals surface area contributed by atoms with Gasteiger partial charge in [-0.2, -0.15) is 0 Å². The first-order chi connectivity index (χ1) is 17.4. The largest absolute Gasteiger partial charge is 0.402 e. The smallest absolute Gasteiger partial charge is 0.127 e. The van der Waals surface area contributed by atoms with E-state index in [0.29, 0.717) is 24.8 Å². The molecule has 1 unspecified atom stereocenters. The number of hydrogen-bond donors (Lipinski definition) is 2. The second-order valence-electron chi connectivity index (χ2n) is 9.31. The molecule has 0 aromatic heterocycles. The summed E-state index contributed by atoms with van der Waals surface area (Å²) in [4.78, 5) is 12.0. The summed E-state index contributed by atoms with van der Waals surface area (Å²) in [6.07, 6.45) is 21.4. The Kier molecular flexibility index (Phi) is 12.8. The molecule has 36 heavy (non-hydrogen) atoms. The van der Waals surface area contributed by atoms with Crippen LogP contribution in [0.25, 0.3) is 0 Å². The van der Waals surface area contributed by atoms with Gasteiger partial charge in [-0.15, -0.1) is 0 Å². The SMILES string of the molecule is C=C/C=C(\C=C/C)C(/N)=C/C(C)=N/C(=C\C(C)N=C(C=C)/C=C(\N)C1CCCCC1)N1CCOCC1. The fourth-order valence-corrected chi connectivity index (χ4v) is 4.44. The Morgan fingerprint density at radius 2 is 1.78 bits per heavy atom. The molecule has 0 spiro atoms. The van der Waals surface area contributed by atoms with Crippen LogP contribution < -0.4 is 11.5 Å². The van der Waals surface area contributed by atoms with Gasteiger partial charge in [-0.1, -0.05) is 56.7 Å². The van der Waals surface area contributed by atoms with Crippen molar-refractivity contribution in [3.63, 3.8) is 0 Å². The molecule has 1 aliphatic carbocycles. The summed E-state index contributed by atoms with van der Waals surface area (Å²) in [5.74, 6) is 1.31. The zero-order valence-corrected chi connectivity index (χ0v) is 22.5. The van der Waals surface area contributed by atoms with Gasteiger partial charge in [-0.3, -0.25) is 4.99 Å². The van der Waals surface area contributed by atoms with Crippen LogP contribution in [0.15, 0.2) is 94.5 Å². The van der Waals surface area contributed by atoms with Crippen LogP contribution in [0.1, 0.15) is 52.9 Å². The molecule has 6 nitrogen and oxygen atoms in total. The summed E-state index contributed by atoms with van der Waals surface area (Å²) in [7, 11) is 0. The molecule has 0 amide bonds. The lowest BCUT2D eigenvalue weighted by Crippen LogP contribution is -2.35. The molecule has 0 aromatic rings. The molecule has 1 atom stereocenters. The van der Waals surface area contributed by atoms with Crippen molar-refractivity contribution in [1.29, 1.82) is 0 Å². The molecular formula is C30H45N5O.